The lowest BCUT2D eigenvalue weighted by Crippen LogP contribution is -2.60. The quantitative estimate of drug-likeness (QED) is 0.814. The fraction of sp³-hybridized carbons (Fsp3) is 0.565. The first-order valence-corrected chi connectivity index (χ1v) is 10.6. The molecule has 0 saturated carbocycles. The Labute approximate surface area is 166 Å². The highest BCUT2D eigenvalue weighted by molar-refractivity contribution is 5.93. The number of piperidine rings is 3. The highest BCUT2D eigenvalue weighted by Gasteiger charge is 2.54. The van der Waals surface area contributed by atoms with Crippen molar-refractivity contribution in [1.82, 2.24) is 15.0 Å². The van der Waals surface area contributed by atoms with Crippen LogP contribution in [-0.2, 0) is 0 Å². The Kier molecular flexibility index (Phi) is 4.31. The van der Waals surface area contributed by atoms with E-state index in [2.05, 4.69) is 60.0 Å². The summed E-state index contributed by atoms with van der Waals surface area (Å²) in [5, 5.41) is 4.11. The molecular formula is C23H29N3O2. The third-order valence-electron chi connectivity index (χ3n) is 7.08. The maximum Gasteiger partial charge on any atom is 0.276 e. The minimum atomic E-state index is 0.0361. The molecule has 0 unspecified atom stereocenters. The van der Waals surface area contributed by atoms with Crippen LogP contribution in [0.15, 0.2) is 34.9 Å². The Morgan fingerprint density at radius 2 is 1.86 bits per heavy atom. The second kappa shape index (κ2) is 6.73. The van der Waals surface area contributed by atoms with Gasteiger partial charge in [-0.3, -0.25) is 9.69 Å². The lowest BCUT2D eigenvalue weighted by atomic mass is 9.75. The van der Waals surface area contributed by atoms with Gasteiger partial charge in [0.2, 0.25) is 0 Å². The predicted octanol–water partition coefficient (Wildman–Crippen LogP) is 3.81. The summed E-state index contributed by atoms with van der Waals surface area (Å²) in [7, 11) is 0. The van der Waals surface area contributed by atoms with Gasteiger partial charge < -0.3 is 9.42 Å². The molecule has 5 heteroatoms. The molecule has 0 aliphatic carbocycles. The zero-order valence-corrected chi connectivity index (χ0v) is 17.0. The molecule has 0 radical (unpaired) electrons. The van der Waals surface area contributed by atoms with Crippen LogP contribution < -0.4 is 0 Å². The van der Waals surface area contributed by atoms with Crippen molar-refractivity contribution in [1.29, 1.82) is 0 Å². The number of benzene rings is 1. The molecule has 148 valence electrons. The van der Waals surface area contributed by atoms with Crippen LogP contribution in [0.4, 0.5) is 0 Å². The van der Waals surface area contributed by atoms with E-state index in [0.717, 1.165) is 25.4 Å². The molecule has 1 aromatic carbocycles. The van der Waals surface area contributed by atoms with E-state index >= 15 is 0 Å². The molecule has 2 bridgehead atoms. The minimum Gasteiger partial charge on any atom is -0.360 e. The van der Waals surface area contributed by atoms with Crippen molar-refractivity contribution >= 4 is 5.91 Å². The lowest BCUT2D eigenvalue weighted by molar-refractivity contribution is -0.00369. The van der Waals surface area contributed by atoms with Gasteiger partial charge in [-0.05, 0) is 44.3 Å². The van der Waals surface area contributed by atoms with E-state index in [0.29, 0.717) is 29.6 Å². The van der Waals surface area contributed by atoms with Gasteiger partial charge in [-0.15, -0.1) is 0 Å². The van der Waals surface area contributed by atoms with Crippen LogP contribution in [0.25, 0.3) is 0 Å². The highest BCUT2D eigenvalue weighted by Crippen LogP contribution is 2.47. The Morgan fingerprint density at radius 3 is 2.50 bits per heavy atom. The molecule has 28 heavy (non-hydrogen) atoms. The van der Waals surface area contributed by atoms with E-state index in [1.807, 2.05) is 6.07 Å². The van der Waals surface area contributed by atoms with Crippen molar-refractivity contribution in [2.24, 2.45) is 5.92 Å². The van der Waals surface area contributed by atoms with E-state index < -0.39 is 0 Å². The van der Waals surface area contributed by atoms with Gasteiger partial charge in [-0.25, -0.2) is 0 Å². The molecule has 0 N–H and O–H groups in total. The van der Waals surface area contributed by atoms with E-state index in [-0.39, 0.29) is 11.8 Å². The molecule has 5 heterocycles. The van der Waals surface area contributed by atoms with Crippen LogP contribution in [-0.4, -0.2) is 52.6 Å². The summed E-state index contributed by atoms with van der Waals surface area (Å²) in [6.45, 7) is 9.34. The van der Waals surface area contributed by atoms with E-state index in [9.17, 15) is 4.79 Å². The summed E-state index contributed by atoms with van der Waals surface area (Å²) in [6, 6.07) is 11.4. The molecule has 3 atom stereocenters. The molecule has 4 fully saturated rings. The second-order valence-corrected chi connectivity index (χ2v) is 9.10. The second-order valence-electron chi connectivity index (χ2n) is 9.10. The van der Waals surface area contributed by atoms with E-state index in [1.165, 1.54) is 24.0 Å². The van der Waals surface area contributed by atoms with E-state index in [1.54, 1.807) is 0 Å². The third-order valence-corrected chi connectivity index (χ3v) is 7.08. The largest absolute Gasteiger partial charge is 0.360 e. The standard InChI is InChI=1S/C23H29N3O2/c1-14(2)20-12-19(24-28-20)23(27)26-13-18(16-6-4-15(3)5-7-16)22-21(26)17-8-10-25(22)11-9-17/h4-7,12,14,17-18,21-22H,8-11,13H2,1-3H3/t18-,21-,22-/m0/s1. The van der Waals surface area contributed by atoms with Crippen LogP contribution in [0.3, 0.4) is 0 Å². The Hall–Kier alpha value is -2.14. The number of carbonyl (C=O) groups excluding carboxylic acids is 1. The van der Waals surface area contributed by atoms with Crippen molar-refractivity contribution < 1.29 is 9.32 Å². The van der Waals surface area contributed by atoms with Gasteiger partial charge >= 0.3 is 0 Å². The van der Waals surface area contributed by atoms with Gasteiger partial charge in [-0.1, -0.05) is 48.8 Å². The Bertz CT molecular complexity index is 864. The number of aromatic nitrogens is 1. The molecule has 2 aromatic rings. The normalized spacial score (nSPS) is 31.4. The predicted molar refractivity (Wildman–Crippen MR) is 107 cm³/mol. The van der Waals surface area contributed by atoms with Gasteiger partial charge in [0.1, 0.15) is 5.76 Å². The molecule has 4 aliphatic rings. The summed E-state index contributed by atoms with van der Waals surface area (Å²) < 4.78 is 5.42. The zero-order chi connectivity index (χ0) is 19.4. The smallest absolute Gasteiger partial charge is 0.276 e. The number of likely N-dealkylation sites (tertiary alicyclic amines) is 1. The van der Waals surface area contributed by atoms with Crippen molar-refractivity contribution in [3.63, 3.8) is 0 Å². The number of hydrogen-bond acceptors (Lipinski definition) is 4. The summed E-state index contributed by atoms with van der Waals surface area (Å²) >= 11 is 0. The van der Waals surface area contributed by atoms with Gasteiger partial charge in [0.05, 0.1) is 6.04 Å². The highest BCUT2D eigenvalue weighted by atomic mass is 16.5. The lowest BCUT2D eigenvalue weighted by Gasteiger charge is -2.51. The topological polar surface area (TPSA) is 49.6 Å². The summed E-state index contributed by atoms with van der Waals surface area (Å²) in [5.41, 5.74) is 3.09. The molecule has 6 rings (SSSR count). The van der Waals surface area contributed by atoms with Gasteiger partial charge in [0, 0.05) is 30.5 Å². The fourth-order valence-corrected chi connectivity index (χ4v) is 5.57. The Morgan fingerprint density at radius 1 is 1.14 bits per heavy atom. The van der Waals surface area contributed by atoms with Crippen LogP contribution in [0.1, 0.15) is 65.9 Å². The third kappa shape index (κ3) is 2.79. The molecule has 1 aromatic heterocycles. The van der Waals surface area contributed by atoms with Gasteiger partial charge in [0.25, 0.3) is 5.91 Å². The molecule has 5 nitrogen and oxygen atoms in total. The van der Waals surface area contributed by atoms with Crippen LogP contribution in [0, 0.1) is 12.8 Å². The number of carbonyl (C=O) groups is 1. The molecular weight excluding hydrogens is 350 g/mol. The monoisotopic (exact) mass is 379 g/mol. The maximum absolute atomic E-state index is 13.4. The van der Waals surface area contributed by atoms with Crippen LogP contribution >= 0.6 is 0 Å². The first-order valence-electron chi connectivity index (χ1n) is 10.6. The summed E-state index contributed by atoms with van der Waals surface area (Å²) in [5.74, 6) is 2.02. The van der Waals surface area contributed by atoms with Crippen molar-refractivity contribution in [2.45, 2.75) is 57.5 Å². The first kappa shape index (κ1) is 17.9. The van der Waals surface area contributed by atoms with Crippen molar-refractivity contribution in [3.05, 3.63) is 52.9 Å². The molecule has 0 spiro atoms. The first-order chi connectivity index (χ1) is 13.5. The number of amides is 1. The van der Waals surface area contributed by atoms with Gasteiger partial charge in [0.15, 0.2) is 5.69 Å². The number of aryl methyl sites for hydroxylation is 1. The average Bonchev–Trinajstić information content (AvgIpc) is 3.36. The Balaban J connectivity index is 1.49. The fourth-order valence-electron chi connectivity index (χ4n) is 5.57. The average molecular weight is 380 g/mol. The molecule has 4 aliphatic heterocycles. The van der Waals surface area contributed by atoms with E-state index in [4.69, 9.17) is 4.52 Å². The molecule has 1 amide bonds. The zero-order valence-electron chi connectivity index (χ0n) is 17.0. The summed E-state index contributed by atoms with van der Waals surface area (Å²) in [4.78, 5) is 18.2. The van der Waals surface area contributed by atoms with Gasteiger partial charge in [-0.2, -0.15) is 0 Å². The SMILES string of the molecule is Cc1ccc([C@@H]2CN(C(=O)c3cc(C(C)C)on3)[C@H]3C4CCN(CC4)[C@@H]23)cc1. The van der Waals surface area contributed by atoms with Crippen LogP contribution in [0.5, 0.6) is 0 Å². The van der Waals surface area contributed by atoms with Crippen molar-refractivity contribution in [3.8, 4) is 0 Å². The van der Waals surface area contributed by atoms with Crippen LogP contribution in [0.2, 0.25) is 0 Å². The maximum atomic E-state index is 13.4. The number of nitrogens with zero attached hydrogens (tertiary/aromatic N) is 3. The molecule has 4 saturated heterocycles. The summed E-state index contributed by atoms with van der Waals surface area (Å²) in [6.07, 6.45) is 2.39. The minimum absolute atomic E-state index is 0.0361. The number of hydrogen-bond donors (Lipinski definition) is 0. The number of rotatable bonds is 3. The number of fused-ring (bicyclic) bond motifs is 2. The van der Waals surface area contributed by atoms with Crippen molar-refractivity contribution in [2.75, 3.05) is 19.6 Å².